The Balaban J connectivity index is 1.28. The largest absolute Gasteiger partial charge is 0.367 e. The van der Waals surface area contributed by atoms with Crippen molar-refractivity contribution in [1.29, 1.82) is 0 Å². The standard InChI is InChI=1S/C19H29N5OS/c25-19(23-8-10-26-11-9-23)6-3-15-2-1-7-24(13-15)18-12-17(20-14-21-18)22-16-4-5-16/h12,14-16H,1-11,13H2,(H,20,21,22). The second kappa shape index (κ2) is 8.46. The molecule has 3 aliphatic rings. The highest BCUT2D eigenvalue weighted by molar-refractivity contribution is 7.99. The highest BCUT2D eigenvalue weighted by Crippen LogP contribution is 2.28. The molecule has 1 aromatic heterocycles. The molecular formula is C19H29N5OS. The van der Waals surface area contributed by atoms with Gasteiger partial charge >= 0.3 is 0 Å². The van der Waals surface area contributed by atoms with Crippen LogP contribution in [0.4, 0.5) is 11.6 Å². The number of nitrogens with one attached hydrogen (secondary N) is 1. The van der Waals surface area contributed by atoms with Crippen LogP contribution in [0.25, 0.3) is 0 Å². The molecule has 0 aromatic carbocycles. The maximum atomic E-state index is 12.4. The number of nitrogens with zero attached hydrogens (tertiary/aromatic N) is 4. The van der Waals surface area contributed by atoms with E-state index in [-0.39, 0.29) is 0 Å². The predicted octanol–water partition coefficient (Wildman–Crippen LogP) is 2.62. The first-order valence-corrected chi connectivity index (χ1v) is 11.1. The second-order valence-corrected chi connectivity index (χ2v) is 8.89. The zero-order valence-corrected chi connectivity index (χ0v) is 16.2. The van der Waals surface area contributed by atoms with Crippen LogP contribution in [0.1, 0.15) is 38.5 Å². The minimum Gasteiger partial charge on any atom is -0.367 e. The van der Waals surface area contributed by atoms with Crippen molar-refractivity contribution in [3.05, 3.63) is 12.4 Å². The van der Waals surface area contributed by atoms with Gasteiger partial charge in [0.1, 0.15) is 18.0 Å². The molecule has 26 heavy (non-hydrogen) atoms. The number of piperidine rings is 1. The van der Waals surface area contributed by atoms with Gasteiger partial charge in [0.25, 0.3) is 0 Å². The normalized spacial score (nSPS) is 23.8. The lowest BCUT2D eigenvalue weighted by molar-refractivity contribution is -0.131. The van der Waals surface area contributed by atoms with E-state index in [9.17, 15) is 4.79 Å². The van der Waals surface area contributed by atoms with E-state index >= 15 is 0 Å². The number of thioether (sulfide) groups is 1. The average Bonchev–Trinajstić information content (AvgIpc) is 3.51. The number of carbonyl (C=O) groups excluding carboxylic acids is 1. The molecule has 7 heteroatoms. The summed E-state index contributed by atoms with van der Waals surface area (Å²) in [6, 6.07) is 2.68. The van der Waals surface area contributed by atoms with Crippen LogP contribution in [0, 0.1) is 5.92 Å². The van der Waals surface area contributed by atoms with Crippen molar-refractivity contribution in [1.82, 2.24) is 14.9 Å². The highest BCUT2D eigenvalue weighted by Gasteiger charge is 2.25. The van der Waals surface area contributed by atoms with E-state index in [1.165, 1.54) is 25.7 Å². The Labute approximate surface area is 160 Å². The van der Waals surface area contributed by atoms with Crippen molar-refractivity contribution < 1.29 is 4.79 Å². The van der Waals surface area contributed by atoms with Gasteiger partial charge < -0.3 is 15.1 Å². The first-order chi connectivity index (χ1) is 12.8. The number of aromatic nitrogens is 2. The van der Waals surface area contributed by atoms with Crippen molar-refractivity contribution in [2.75, 3.05) is 47.9 Å². The first kappa shape index (κ1) is 17.9. The summed E-state index contributed by atoms with van der Waals surface area (Å²) in [6.07, 6.45) is 8.25. The van der Waals surface area contributed by atoms with Gasteiger partial charge in [-0.2, -0.15) is 11.8 Å². The number of hydrogen-bond acceptors (Lipinski definition) is 6. The van der Waals surface area contributed by atoms with Crippen molar-refractivity contribution >= 4 is 29.3 Å². The van der Waals surface area contributed by atoms with Crippen molar-refractivity contribution in [2.24, 2.45) is 5.92 Å². The Kier molecular flexibility index (Phi) is 5.82. The van der Waals surface area contributed by atoms with E-state index in [4.69, 9.17) is 0 Å². The molecule has 1 unspecified atom stereocenters. The summed E-state index contributed by atoms with van der Waals surface area (Å²) in [4.78, 5) is 25.7. The second-order valence-electron chi connectivity index (χ2n) is 7.67. The van der Waals surface area contributed by atoms with Crippen molar-refractivity contribution in [2.45, 2.75) is 44.6 Å². The fraction of sp³-hybridized carbons (Fsp3) is 0.737. The van der Waals surface area contributed by atoms with Gasteiger partial charge in [-0.15, -0.1) is 0 Å². The Morgan fingerprint density at radius 3 is 2.85 bits per heavy atom. The fourth-order valence-corrected chi connectivity index (χ4v) is 4.75. The average molecular weight is 376 g/mol. The van der Waals surface area contributed by atoms with E-state index in [1.807, 2.05) is 11.8 Å². The van der Waals surface area contributed by atoms with E-state index in [0.29, 0.717) is 24.3 Å². The van der Waals surface area contributed by atoms with E-state index in [1.54, 1.807) is 6.33 Å². The molecule has 1 N–H and O–H groups in total. The zero-order chi connectivity index (χ0) is 17.8. The van der Waals surface area contributed by atoms with Gasteiger partial charge in [0.05, 0.1) is 0 Å². The third kappa shape index (κ3) is 4.81. The molecule has 2 saturated heterocycles. The summed E-state index contributed by atoms with van der Waals surface area (Å²) >= 11 is 1.95. The lowest BCUT2D eigenvalue weighted by Crippen LogP contribution is -2.39. The number of rotatable bonds is 6. The van der Waals surface area contributed by atoms with Gasteiger partial charge in [-0.05, 0) is 38.0 Å². The van der Waals surface area contributed by atoms with Crippen LogP contribution in [0.2, 0.25) is 0 Å². The zero-order valence-electron chi connectivity index (χ0n) is 15.4. The Hall–Kier alpha value is -1.50. The van der Waals surface area contributed by atoms with Crippen molar-refractivity contribution in [3.8, 4) is 0 Å². The fourth-order valence-electron chi connectivity index (χ4n) is 3.84. The first-order valence-electron chi connectivity index (χ1n) is 9.97. The molecule has 1 aliphatic carbocycles. The predicted molar refractivity (Wildman–Crippen MR) is 107 cm³/mol. The Bertz CT molecular complexity index is 618. The van der Waals surface area contributed by atoms with Crippen LogP contribution in [-0.2, 0) is 4.79 Å². The van der Waals surface area contributed by atoms with Crippen LogP contribution in [0.5, 0.6) is 0 Å². The van der Waals surface area contributed by atoms with Gasteiger partial charge in [0, 0.05) is 56.2 Å². The lowest BCUT2D eigenvalue weighted by atomic mass is 9.93. The quantitative estimate of drug-likeness (QED) is 0.825. The summed E-state index contributed by atoms with van der Waals surface area (Å²) in [5, 5.41) is 3.45. The minimum absolute atomic E-state index is 0.348. The van der Waals surface area contributed by atoms with Crippen LogP contribution < -0.4 is 10.2 Å². The van der Waals surface area contributed by atoms with Gasteiger partial charge in [0.15, 0.2) is 0 Å². The van der Waals surface area contributed by atoms with E-state index < -0.39 is 0 Å². The number of carbonyl (C=O) groups is 1. The van der Waals surface area contributed by atoms with Gasteiger partial charge in [0.2, 0.25) is 5.91 Å². The number of anilines is 2. The SMILES string of the molecule is O=C(CCC1CCCN(c2cc(NC3CC3)ncn2)C1)N1CCSCC1. The van der Waals surface area contributed by atoms with Crippen LogP contribution in [0.3, 0.4) is 0 Å². The summed E-state index contributed by atoms with van der Waals surface area (Å²) in [7, 11) is 0. The monoisotopic (exact) mass is 375 g/mol. The topological polar surface area (TPSA) is 61.4 Å². The summed E-state index contributed by atoms with van der Waals surface area (Å²) < 4.78 is 0. The summed E-state index contributed by atoms with van der Waals surface area (Å²) in [6.45, 7) is 3.91. The number of hydrogen-bond donors (Lipinski definition) is 1. The van der Waals surface area contributed by atoms with Gasteiger partial charge in [-0.3, -0.25) is 4.79 Å². The Morgan fingerprint density at radius 1 is 1.19 bits per heavy atom. The molecule has 142 valence electrons. The summed E-state index contributed by atoms with van der Waals surface area (Å²) in [5.74, 6) is 5.08. The molecule has 1 saturated carbocycles. The van der Waals surface area contributed by atoms with Gasteiger partial charge in [-0.1, -0.05) is 0 Å². The molecule has 6 nitrogen and oxygen atoms in total. The molecule has 0 radical (unpaired) electrons. The van der Waals surface area contributed by atoms with Gasteiger partial charge in [-0.25, -0.2) is 9.97 Å². The Morgan fingerprint density at radius 2 is 2.04 bits per heavy atom. The third-order valence-corrected chi connectivity index (χ3v) is 6.50. The molecule has 1 amide bonds. The number of amides is 1. The molecule has 0 spiro atoms. The molecule has 4 rings (SSSR count). The molecule has 1 aromatic rings. The van der Waals surface area contributed by atoms with Crippen LogP contribution in [0.15, 0.2) is 12.4 Å². The third-order valence-electron chi connectivity index (χ3n) is 5.56. The maximum absolute atomic E-state index is 12.4. The molecular weight excluding hydrogens is 346 g/mol. The lowest BCUT2D eigenvalue weighted by Gasteiger charge is -2.34. The highest BCUT2D eigenvalue weighted by atomic mass is 32.2. The smallest absolute Gasteiger partial charge is 0.222 e. The molecule has 0 bridgehead atoms. The molecule has 2 aliphatic heterocycles. The van der Waals surface area contributed by atoms with E-state index in [0.717, 1.165) is 55.7 Å². The van der Waals surface area contributed by atoms with E-state index in [2.05, 4.69) is 31.2 Å². The van der Waals surface area contributed by atoms with Crippen LogP contribution in [-0.4, -0.2) is 64.5 Å². The summed E-state index contributed by atoms with van der Waals surface area (Å²) in [5.41, 5.74) is 0. The minimum atomic E-state index is 0.348. The molecule has 1 atom stereocenters. The maximum Gasteiger partial charge on any atom is 0.222 e. The molecule has 3 fully saturated rings. The van der Waals surface area contributed by atoms with Crippen molar-refractivity contribution in [3.63, 3.8) is 0 Å². The van der Waals surface area contributed by atoms with Crippen LogP contribution >= 0.6 is 11.8 Å². The molecule has 3 heterocycles.